The van der Waals surface area contributed by atoms with E-state index in [4.69, 9.17) is 0 Å². The number of thiophene rings is 1. The fourth-order valence-corrected chi connectivity index (χ4v) is 1.17. The van der Waals surface area contributed by atoms with Crippen LogP contribution in [0.1, 0.15) is 10.4 Å². The van der Waals surface area contributed by atoms with Crippen LogP contribution in [-0.4, -0.2) is 11.2 Å². The third-order valence-corrected chi connectivity index (χ3v) is 1.82. The molecule has 0 radical (unpaired) electrons. The van der Waals surface area contributed by atoms with E-state index in [0.717, 1.165) is 11.3 Å². The molecule has 0 aliphatic carbocycles. The van der Waals surface area contributed by atoms with Gasteiger partial charge in [-0.05, 0) is 0 Å². The normalized spacial score (nSPS) is 9.20. The van der Waals surface area contributed by atoms with Crippen LogP contribution in [-0.2, 0) is 0 Å². The van der Waals surface area contributed by atoms with Crippen LogP contribution in [0.25, 0.3) is 0 Å². The maximum Gasteiger partial charge on any atom is 0.324 e. The minimum Gasteiger partial charge on any atom is -0.298 e. The summed E-state index contributed by atoms with van der Waals surface area (Å²) in [5.74, 6) is 0. The first-order chi connectivity index (χ1) is 4.74. The summed E-state index contributed by atoms with van der Waals surface area (Å²) >= 11 is 0.952. The highest BCUT2D eigenvalue weighted by atomic mass is 32.1. The van der Waals surface area contributed by atoms with Gasteiger partial charge in [-0.1, -0.05) is 11.3 Å². The van der Waals surface area contributed by atoms with Gasteiger partial charge in [0.2, 0.25) is 0 Å². The second kappa shape index (κ2) is 2.57. The lowest BCUT2D eigenvalue weighted by atomic mass is 10.4. The summed E-state index contributed by atoms with van der Waals surface area (Å²) < 4.78 is 0. The Labute approximate surface area is 60.3 Å². The van der Waals surface area contributed by atoms with Crippen molar-refractivity contribution in [3.8, 4) is 0 Å². The minimum absolute atomic E-state index is 0.00194. The number of carbonyl (C=O) groups excluding carboxylic acids is 1. The van der Waals surface area contributed by atoms with E-state index >= 15 is 0 Å². The van der Waals surface area contributed by atoms with Gasteiger partial charge in [0.25, 0.3) is 0 Å². The summed E-state index contributed by atoms with van der Waals surface area (Å²) in [6, 6.07) is 1.25. The lowest BCUT2D eigenvalue weighted by molar-refractivity contribution is -0.380. The van der Waals surface area contributed by atoms with E-state index in [1.807, 2.05) is 0 Å². The van der Waals surface area contributed by atoms with Crippen LogP contribution in [0.15, 0.2) is 11.4 Å². The van der Waals surface area contributed by atoms with E-state index in [2.05, 4.69) is 0 Å². The molecular formula is C5H3NO3S. The number of aldehydes is 1. The fourth-order valence-electron chi connectivity index (χ4n) is 0.497. The number of carbonyl (C=O) groups is 1. The highest BCUT2D eigenvalue weighted by molar-refractivity contribution is 7.13. The van der Waals surface area contributed by atoms with Crippen molar-refractivity contribution in [2.24, 2.45) is 0 Å². The quantitative estimate of drug-likeness (QED) is 0.371. The molecule has 0 amide bonds. The van der Waals surface area contributed by atoms with Crippen molar-refractivity contribution in [1.29, 1.82) is 0 Å². The van der Waals surface area contributed by atoms with Crippen LogP contribution in [0, 0.1) is 10.1 Å². The van der Waals surface area contributed by atoms with Gasteiger partial charge in [-0.2, -0.15) is 0 Å². The van der Waals surface area contributed by atoms with Gasteiger partial charge in [-0.3, -0.25) is 14.9 Å². The van der Waals surface area contributed by atoms with Crippen LogP contribution in [0.5, 0.6) is 0 Å². The molecule has 52 valence electrons. The molecule has 0 bridgehead atoms. The van der Waals surface area contributed by atoms with Crippen molar-refractivity contribution in [3.05, 3.63) is 27.1 Å². The van der Waals surface area contributed by atoms with Gasteiger partial charge in [0.1, 0.15) is 0 Å². The zero-order valence-corrected chi connectivity index (χ0v) is 5.63. The van der Waals surface area contributed by atoms with Gasteiger partial charge in [-0.25, -0.2) is 0 Å². The summed E-state index contributed by atoms with van der Waals surface area (Å²) in [5.41, 5.74) is 0.358. The van der Waals surface area contributed by atoms with E-state index < -0.39 is 4.92 Å². The summed E-state index contributed by atoms with van der Waals surface area (Å²) in [5, 5.41) is 11.5. The molecular weight excluding hydrogens is 154 g/mol. The van der Waals surface area contributed by atoms with E-state index in [9.17, 15) is 14.9 Å². The van der Waals surface area contributed by atoms with E-state index in [0.29, 0.717) is 11.8 Å². The molecule has 0 N–H and O–H groups in total. The molecule has 10 heavy (non-hydrogen) atoms. The van der Waals surface area contributed by atoms with E-state index in [-0.39, 0.29) is 5.00 Å². The van der Waals surface area contributed by atoms with Gasteiger partial charge < -0.3 is 0 Å². The predicted octanol–water partition coefficient (Wildman–Crippen LogP) is 1.47. The van der Waals surface area contributed by atoms with Crippen LogP contribution >= 0.6 is 11.3 Å². The first-order valence-corrected chi connectivity index (χ1v) is 3.30. The second-order valence-electron chi connectivity index (χ2n) is 1.59. The molecule has 0 unspecified atom stereocenters. The molecule has 0 saturated carbocycles. The third kappa shape index (κ3) is 1.19. The molecule has 0 atom stereocenters. The molecule has 0 aliphatic heterocycles. The summed E-state index contributed by atoms with van der Waals surface area (Å²) in [6.07, 6.45) is 0.587. The van der Waals surface area contributed by atoms with Crippen LogP contribution < -0.4 is 0 Å². The third-order valence-electron chi connectivity index (χ3n) is 0.922. The maximum absolute atomic E-state index is 10.0. The van der Waals surface area contributed by atoms with Crippen molar-refractivity contribution in [1.82, 2.24) is 0 Å². The lowest BCUT2D eigenvalue weighted by Gasteiger charge is -1.77. The average Bonchev–Trinajstić information content (AvgIpc) is 2.34. The van der Waals surface area contributed by atoms with Gasteiger partial charge in [0.05, 0.1) is 4.92 Å². The van der Waals surface area contributed by atoms with E-state index in [1.54, 1.807) is 0 Å². The zero-order valence-electron chi connectivity index (χ0n) is 4.81. The van der Waals surface area contributed by atoms with Crippen molar-refractivity contribution >= 4 is 22.6 Å². The first-order valence-electron chi connectivity index (χ1n) is 2.42. The smallest absolute Gasteiger partial charge is 0.298 e. The zero-order chi connectivity index (χ0) is 7.56. The maximum atomic E-state index is 10.0. The minimum atomic E-state index is -0.516. The molecule has 0 spiro atoms. The van der Waals surface area contributed by atoms with Crippen molar-refractivity contribution < 1.29 is 9.72 Å². The van der Waals surface area contributed by atoms with Crippen LogP contribution in [0.2, 0.25) is 0 Å². The summed E-state index contributed by atoms with van der Waals surface area (Å²) in [6.45, 7) is 0. The Morgan fingerprint density at radius 1 is 1.70 bits per heavy atom. The molecule has 5 heteroatoms. The Morgan fingerprint density at radius 3 is 2.70 bits per heavy atom. The second-order valence-corrected chi connectivity index (χ2v) is 2.48. The number of nitro groups is 1. The Bertz CT molecular complexity index is 268. The van der Waals surface area contributed by atoms with Gasteiger partial charge in [0, 0.05) is 17.0 Å². The predicted molar refractivity (Wildman–Crippen MR) is 36.4 cm³/mol. The molecule has 1 aromatic heterocycles. The molecule has 4 nitrogen and oxygen atoms in total. The Morgan fingerprint density at radius 2 is 2.40 bits per heavy atom. The Hall–Kier alpha value is -1.23. The largest absolute Gasteiger partial charge is 0.324 e. The SMILES string of the molecule is O=Cc1csc([N+](=O)[O-])c1. The summed E-state index contributed by atoms with van der Waals surface area (Å²) in [7, 11) is 0. The molecule has 0 fully saturated rings. The number of nitrogens with zero attached hydrogens (tertiary/aromatic N) is 1. The van der Waals surface area contributed by atoms with Crippen molar-refractivity contribution in [2.75, 3.05) is 0 Å². The molecule has 0 saturated heterocycles. The number of hydrogen-bond acceptors (Lipinski definition) is 4. The summed E-state index contributed by atoms with van der Waals surface area (Å²) in [4.78, 5) is 19.5. The van der Waals surface area contributed by atoms with Crippen LogP contribution in [0.4, 0.5) is 5.00 Å². The van der Waals surface area contributed by atoms with Crippen molar-refractivity contribution in [2.45, 2.75) is 0 Å². The van der Waals surface area contributed by atoms with Gasteiger partial charge >= 0.3 is 5.00 Å². The van der Waals surface area contributed by atoms with Gasteiger partial charge in [-0.15, -0.1) is 0 Å². The molecule has 1 heterocycles. The monoisotopic (exact) mass is 157 g/mol. The molecule has 1 rings (SSSR count). The molecule has 0 aliphatic rings. The molecule has 1 aromatic rings. The first kappa shape index (κ1) is 6.88. The Balaban J connectivity index is 2.98. The molecule has 0 aromatic carbocycles. The highest BCUT2D eigenvalue weighted by Crippen LogP contribution is 2.20. The lowest BCUT2D eigenvalue weighted by Crippen LogP contribution is -1.81. The average molecular weight is 157 g/mol. The fraction of sp³-hybridized carbons (Fsp3) is 0. The topological polar surface area (TPSA) is 60.2 Å². The highest BCUT2D eigenvalue weighted by Gasteiger charge is 2.07. The standard InChI is InChI=1S/C5H3NO3S/c7-2-4-1-5(6(8)9)10-3-4/h1-3H. The number of hydrogen-bond donors (Lipinski definition) is 0. The van der Waals surface area contributed by atoms with Crippen LogP contribution in [0.3, 0.4) is 0 Å². The number of rotatable bonds is 2. The van der Waals surface area contributed by atoms with Crippen molar-refractivity contribution in [3.63, 3.8) is 0 Å². The van der Waals surface area contributed by atoms with E-state index in [1.165, 1.54) is 11.4 Å². The Kier molecular flexibility index (Phi) is 1.77. The van der Waals surface area contributed by atoms with Gasteiger partial charge in [0.15, 0.2) is 6.29 Å².